The highest BCUT2D eigenvalue weighted by molar-refractivity contribution is 7.11. The predicted octanol–water partition coefficient (Wildman–Crippen LogP) is 2.11. The summed E-state index contributed by atoms with van der Waals surface area (Å²) < 4.78 is 0. The molecule has 2 unspecified atom stereocenters. The van der Waals surface area contributed by atoms with E-state index in [1.807, 2.05) is 11.8 Å². The second-order valence-corrected chi connectivity index (χ2v) is 6.75. The maximum atomic E-state index is 12.5. The monoisotopic (exact) mass is 294 g/mol. The van der Waals surface area contributed by atoms with Crippen LogP contribution in [0.3, 0.4) is 0 Å². The molecule has 2 rings (SSSR count). The summed E-state index contributed by atoms with van der Waals surface area (Å²) in [7, 11) is 0. The molecule has 1 fully saturated rings. The summed E-state index contributed by atoms with van der Waals surface area (Å²) in [6.07, 6.45) is 1.90. The van der Waals surface area contributed by atoms with Crippen LogP contribution < -0.4 is 5.32 Å². The normalized spacial score (nSPS) is 21.6. The molecule has 2 heterocycles. The highest BCUT2D eigenvalue weighted by Gasteiger charge is 2.31. The van der Waals surface area contributed by atoms with Gasteiger partial charge in [-0.15, -0.1) is 11.3 Å². The van der Waals surface area contributed by atoms with Crippen molar-refractivity contribution in [2.24, 2.45) is 0 Å². The van der Waals surface area contributed by atoms with Crippen LogP contribution in [0.4, 0.5) is 0 Å². The average Bonchev–Trinajstić information content (AvgIpc) is 2.74. The molecule has 20 heavy (non-hydrogen) atoms. The van der Waals surface area contributed by atoms with Gasteiger partial charge in [0.2, 0.25) is 11.8 Å². The molecule has 0 aromatic carbocycles. The summed E-state index contributed by atoms with van der Waals surface area (Å²) in [4.78, 5) is 28.6. The van der Waals surface area contributed by atoms with Gasteiger partial charge in [-0.25, -0.2) is 0 Å². The molecule has 1 aromatic rings. The first kappa shape index (κ1) is 15.0. The zero-order chi connectivity index (χ0) is 14.7. The summed E-state index contributed by atoms with van der Waals surface area (Å²) in [6, 6.07) is 4.00. The Labute approximate surface area is 124 Å². The molecular weight excluding hydrogens is 272 g/mol. The molecule has 2 atom stereocenters. The Morgan fingerprint density at radius 3 is 2.80 bits per heavy atom. The minimum absolute atomic E-state index is 0.0214. The summed E-state index contributed by atoms with van der Waals surface area (Å²) in [5, 5.41) is 2.80. The van der Waals surface area contributed by atoms with Crippen molar-refractivity contribution in [1.82, 2.24) is 10.2 Å². The molecule has 0 aliphatic carbocycles. The second-order valence-electron chi connectivity index (χ2n) is 5.38. The van der Waals surface area contributed by atoms with Gasteiger partial charge in [0.25, 0.3) is 0 Å². The quantitative estimate of drug-likeness (QED) is 0.924. The van der Waals surface area contributed by atoms with Gasteiger partial charge >= 0.3 is 0 Å². The topological polar surface area (TPSA) is 49.4 Å². The van der Waals surface area contributed by atoms with E-state index < -0.39 is 0 Å². The molecule has 2 amide bonds. The molecule has 0 saturated carbocycles. The van der Waals surface area contributed by atoms with Gasteiger partial charge in [-0.3, -0.25) is 9.59 Å². The van der Waals surface area contributed by atoms with Crippen LogP contribution in [-0.2, 0) is 16.0 Å². The van der Waals surface area contributed by atoms with E-state index in [-0.39, 0.29) is 23.9 Å². The van der Waals surface area contributed by atoms with E-state index in [0.717, 1.165) is 6.42 Å². The van der Waals surface area contributed by atoms with E-state index in [1.54, 1.807) is 11.3 Å². The van der Waals surface area contributed by atoms with Gasteiger partial charge in [0, 0.05) is 35.2 Å². The zero-order valence-electron chi connectivity index (χ0n) is 12.3. The number of carbonyl (C=O) groups is 2. The highest BCUT2D eigenvalue weighted by atomic mass is 32.1. The first-order chi connectivity index (χ1) is 9.51. The number of amides is 2. The molecule has 1 N–H and O–H groups in total. The van der Waals surface area contributed by atoms with Crippen LogP contribution in [0.1, 0.15) is 36.4 Å². The molecule has 110 valence electrons. The van der Waals surface area contributed by atoms with E-state index in [4.69, 9.17) is 0 Å². The van der Waals surface area contributed by atoms with Crippen molar-refractivity contribution in [3.63, 3.8) is 0 Å². The van der Waals surface area contributed by atoms with Crippen LogP contribution in [0.5, 0.6) is 0 Å². The van der Waals surface area contributed by atoms with Gasteiger partial charge in [0.05, 0.1) is 0 Å². The fourth-order valence-electron chi connectivity index (χ4n) is 2.57. The summed E-state index contributed by atoms with van der Waals surface area (Å²) in [5.74, 6) is 0.0333. The molecule has 1 aromatic heterocycles. The highest BCUT2D eigenvalue weighted by Crippen LogP contribution is 2.20. The minimum atomic E-state index is -0.363. The third kappa shape index (κ3) is 3.39. The standard InChI is InChI=1S/C15H22N2O2S/c1-4-13-15(19)17(8-7-14(18)16-13)10(2)9-12-6-5-11(3)20-12/h5-6,10,13H,4,7-9H2,1-3H3,(H,16,18). The summed E-state index contributed by atoms with van der Waals surface area (Å²) in [6.45, 7) is 6.60. The first-order valence-electron chi connectivity index (χ1n) is 7.16. The van der Waals surface area contributed by atoms with Crippen LogP contribution >= 0.6 is 11.3 Å². The van der Waals surface area contributed by atoms with E-state index in [1.165, 1.54) is 9.75 Å². The third-order valence-corrected chi connectivity index (χ3v) is 4.75. The van der Waals surface area contributed by atoms with E-state index in [2.05, 4.69) is 31.3 Å². The van der Waals surface area contributed by atoms with Crippen LogP contribution in [-0.4, -0.2) is 35.3 Å². The number of hydrogen-bond donors (Lipinski definition) is 1. The smallest absolute Gasteiger partial charge is 0.245 e. The zero-order valence-corrected chi connectivity index (χ0v) is 13.1. The van der Waals surface area contributed by atoms with Gasteiger partial charge in [-0.1, -0.05) is 6.92 Å². The van der Waals surface area contributed by atoms with Crippen molar-refractivity contribution in [3.05, 3.63) is 21.9 Å². The van der Waals surface area contributed by atoms with Crippen molar-refractivity contribution in [2.75, 3.05) is 6.54 Å². The number of rotatable bonds is 4. The lowest BCUT2D eigenvalue weighted by molar-refractivity contribution is -0.135. The predicted molar refractivity (Wildman–Crippen MR) is 80.8 cm³/mol. The third-order valence-electron chi connectivity index (χ3n) is 3.73. The van der Waals surface area contributed by atoms with Gasteiger partial charge in [-0.2, -0.15) is 0 Å². The molecule has 4 nitrogen and oxygen atoms in total. The molecular formula is C15H22N2O2S. The largest absolute Gasteiger partial charge is 0.344 e. The molecule has 0 radical (unpaired) electrons. The fourth-order valence-corrected chi connectivity index (χ4v) is 3.58. The average molecular weight is 294 g/mol. The lowest BCUT2D eigenvalue weighted by Gasteiger charge is -2.29. The lowest BCUT2D eigenvalue weighted by Crippen LogP contribution is -2.47. The van der Waals surface area contributed by atoms with E-state index in [0.29, 0.717) is 19.4 Å². The number of nitrogens with one attached hydrogen (secondary N) is 1. The lowest BCUT2D eigenvalue weighted by atomic mass is 10.1. The Morgan fingerprint density at radius 1 is 1.45 bits per heavy atom. The van der Waals surface area contributed by atoms with Crippen molar-refractivity contribution in [2.45, 2.75) is 52.1 Å². The number of nitrogens with zero attached hydrogens (tertiary/aromatic N) is 1. The summed E-state index contributed by atoms with van der Waals surface area (Å²) >= 11 is 1.77. The molecule has 1 aliphatic heterocycles. The maximum Gasteiger partial charge on any atom is 0.245 e. The Hall–Kier alpha value is -1.36. The van der Waals surface area contributed by atoms with Crippen LogP contribution in [0.2, 0.25) is 0 Å². The van der Waals surface area contributed by atoms with Gasteiger partial charge in [-0.05, 0) is 32.4 Å². The van der Waals surface area contributed by atoms with Crippen LogP contribution in [0, 0.1) is 6.92 Å². The number of hydrogen-bond acceptors (Lipinski definition) is 3. The SMILES string of the molecule is CCC1NC(=O)CCN(C(C)Cc2ccc(C)s2)C1=O. The first-order valence-corrected chi connectivity index (χ1v) is 7.98. The Bertz CT molecular complexity index is 498. The maximum absolute atomic E-state index is 12.5. The van der Waals surface area contributed by atoms with Crippen molar-refractivity contribution in [3.8, 4) is 0 Å². The van der Waals surface area contributed by atoms with Crippen LogP contribution in [0.15, 0.2) is 12.1 Å². The van der Waals surface area contributed by atoms with Crippen molar-refractivity contribution < 1.29 is 9.59 Å². The Morgan fingerprint density at radius 2 is 2.20 bits per heavy atom. The van der Waals surface area contributed by atoms with Crippen LogP contribution in [0.25, 0.3) is 0 Å². The number of aryl methyl sites for hydroxylation is 1. The van der Waals surface area contributed by atoms with Gasteiger partial charge in [0.1, 0.15) is 6.04 Å². The molecule has 1 aliphatic rings. The second kappa shape index (κ2) is 6.39. The fraction of sp³-hybridized carbons (Fsp3) is 0.600. The van der Waals surface area contributed by atoms with E-state index >= 15 is 0 Å². The Kier molecular flexibility index (Phi) is 4.81. The molecule has 5 heteroatoms. The van der Waals surface area contributed by atoms with E-state index in [9.17, 15) is 9.59 Å². The van der Waals surface area contributed by atoms with Gasteiger partial charge in [0.15, 0.2) is 0 Å². The number of carbonyl (C=O) groups excluding carboxylic acids is 2. The molecule has 0 bridgehead atoms. The molecule has 0 spiro atoms. The van der Waals surface area contributed by atoms with Gasteiger partial charge < -0.3 is 10.2 Å². The molecule has 1 saturated heterocycles. The summed E-state index contributed by atoms with van der Waals surface area (Å²) in [5.41, 5.74) is 0. The Balaban J connectivity index is 2.08. The van der Waals surface area contributed by atoms with Crippen molar-refractivity contribution >= 4 is 23.2 Å². The minimum Gasteiger partial charge on any atom is -0.344 e. The van der Waals surface area contributed by atoms with Crippen molar-refractivity contribution in [1.29, 1.82) is 0 Å². The number of thiophene rings is 1.